The van der Waals surface area contributed by atoms with Crippen molar-refractivity contribution >= 4 is 11.6 Å². The first-order valence-corrected chi connectivity index (χ1v) is 4.79. The third kappa shape index (κ3) is 3.39. The first kappa shape index (κ1) is 12.3. The van der Waals surface area contributed by atoms with Gasteiger partial charge in [-0.25, -0.2) is 0 Å². The molecule has 0 aliphatic rings. The van der Waals surface area contributed by atoms with Crippen LogP contribution in [0, 0.1) is 0 Å². The summed E-state index contributed by atoms with van der Waals surface area (Å²) in [5.74, 6) is 0. The molecule has 0 aliphatic carbocycles. The topological polar surface area (TPSA) is 26.0 Å². The fourth-order valence-electron chi connectivity index (χ4n) is 1.34. The van der Waals surface area contributed by atoms with Gasteiger partial charge in [-0.3, -0.25) is 0 Å². The van der Waals surface area contributed by atoms with Crippen molar-refractivity contribution in [1.82, 2.24) is 0 Å². The minimum absolute atomic E-state index is 0.0794. The Kier molecular flexibility index (Phi) is 3.62. The van der Waals surface area contributed by atoms with E-state index in [0.717, 1.165) is 6.07 Å². The SMILES string of the molecule is C[C@H](N)Cc1ccc(Cl)cc1C(F)(F)F. The average molecular weight is 238 g/mol. The van der Waals surface area contributed by atoms with Crippen LogP contribution in [0.5, 0.6) is 0 Å². The van der Waals surface area contributed by atoms with Gasteiger partial charge in [0.25, 0.3) is 0 Å². The number of benzene rings is 1. The number of hydrogen-bond donors (Lipinski definition) is 1. The van der Waals surface area contributed by atoms with Crippen molar-refractivity contribution in [3.8, 4) is 0 Å². The van der Waals surface area contributed by atoms with Gasteiger partial charge in [0.05, 0.1) is 5.56 Å². The maximum Gasteiger partial charge on any atom is 0.416 e. The second-order valence-electron chi connectivity index (χ2n) is 3.48. The lowest BCUT2D eigenvalue weighted by atomic mass is 10.0. The Hall–Kier alpha value is -0.740. The van der Waals surface area contributed by atoms with E-state index < -0.39 is 11.7 Å². The Morgan fingerprint density at radius 1 is 1.40 bits per heavy atom. The Morgan fingerprint density at radius 2 is 2.00 bits per heavy atom. The first-order valence-electron chi connectivity index (χ1n) is 4.42. The molecule has 0 saturated carbocycles. The van der Waals surface area contributed by atoms with Crippen LogP contribution in [0.1, 0.15) is 18.1 Å². The highest BCUT2D eigenvalue weighted by Crippen LogP contribution is 2.34. The molecule has 2 N–H and O–H groups in total. The van der Waals surface area contributed by atoms with Gasteiger partial charge >= 0.3 is 6.18 Å². The van der Waals surface area contributed by atoms with Crippen LogP contribution in [0.4, 0.5) is 13.2 Å². The van der Waals surface area contributed by atoms with Crippen molar-refractivity contribution in [2.45, 2.75) is 25.6 Å². The Bertz CT molecular complexity index is 347. The standard InChI is InChI=1S/C10H11ClF3N/c1-6(15)4-7-2-3-8(11)5-9(7)10(12,13)14/h2-3,5-6H,4,15H2,1H3/t6-/m0/s1. The van der Waals surface area contributed by atoms with E-state index in [1.54, 1.807) is 6.92 Å². The average Bonchev–Trinajstić information content (AvgIpc) is 2.05. The predicted molar refractivity (Wildman–Crippen MR) is 53.8 cm³/mol. The number of nitrogens with two attached hydrogens (primary N) is 1. The molecule has 1 atom stereocenters. The normalized spacial score (nSPS) is 14.0. The van der Waals surface area contributed by atoms with Gasteiger partial charge in [-0.1, -0.05) is 17.7 Å². The minimum Gasteiger partial charge on any atom is -0.328 e. The highest BCUT2D eigenvalue weighted by atomic mass is 35.5. The van der Waals surface area contributed by atoms with E-state index in [4.69, 9.17) is 17.3 Å². The lowest BCUT2D eigenvalue weighted by Crippen LogP contribution is -2.20. The molecular formula is C10H11ClF3N. The molecule has 0 radical (unpaired) electrons. The van der Waals surface area contributed by atoms with Crippen LogP contribution in [0.15, 0.2) is 18.2 Å². The van der Waals surface area contributed by atoms with Gasteiger partial charge in [-0.05, 0) is 31.0 Å². The summed E-state index contributed by atoms with van der Waals surface area (Å²) in [7, 11) is 0. The van der Waals surface area contributed by atoms with Gasteiger partial charge in [0.15, 0.2) is 0 Å². The number of halogens is 4. The Labute approximate surface area is 91.0 Å². The van der Waals surface area contributed by atoms with Gasteiger partial charge in [-0.15, -0.1) is 0 Å². The fourth-order valence-corrected chi connectivity index (χ4v) is 1.51. The summed E-state index contributed by atoms with van der Waals surface area (Å²) in [6, 6.07) is 3.43. The molecule has 1 rings (SSSR count). The number of alkyl halides is 3. The molecule has 0 fully saturated rings. The lowest BCUT2D eigenvalue weighted by molar-refractivity contribution is -0.138. The summed E-state index contributed by atoms with van der Waals surface area (Å²) >= 11 is 5.53. The van der Waals surface area contributed by atoms with Gasteiger partial charge in [-0.2, -0.15) is 13.2 Å². The van der Waals surface area contributed by atoms with Crippen molar-refractivity contribution < 1.29 is 13.2 Å². The summed E-state index contributed by atoms with van der Waals surface area (Å²) in [5, 5.41) is 0.0794. The van der Waals surface area contributed by atoms with Crippen LogP contribution in [0.3, 0.4) is 0 Å². The molecule has 15 heavy (non-hydrogen) atoms. The van der Waals surface area contributed by atoms with Crippen molar-refractivity contribution in [1.29, 1.82) is 0 Å². The largest absolute Gasteiger partial charge is 0.416 e. The molecule has 0 saturated heterocycles. The highest BCUT2D eigenvalue weighted by Gasteiger charge is 2.33. The van der Waals surface area contributed by atoms with Crippen LogP contribution in [0.2, 0.25) is 5.02 Å². The summed E-state index contributed by atoms with van der Waals surface area (Å²) in [4.78, 5) is 0. The predicted octanol–water partition coefficient (Wildman–Crippen LogP) is 3.25. The second-order valence-corrected chi connectivity index (χ2v) is 3.92. The van der Waals surface area contributed by atoms with E-state index in [2.05, 4.69) is 0 Å². The van der Waals surface area contributed by atoms with Crippen LogP contribution < -0.4 is 5.73 Å². The van der Waals surface area contributed by atoms with Crippen molar-refractivity contribution in [2.75, 3.05) is 0 Å². The minimum atomic E-state index is -4.38. The van der Waals surface area contributed by atoms with E-state index in [0.29, 0.717) is 0 Å². The monoisotopic (exact) mass is 237 g/mol. The fraction of sp³-hybridized carbons (Fsp3) is 0.400. The van der Waals surface area contributed by atoms with Crippen molar-refractivity contribution in [3.05, 3.63) is 34.3 Å². The molecule has 0 aliphatic heterocycles. The summed E-state index contributed by atoms with van der Waals surface area (Å²) in [6.45, 7) is 1.66. The zero-order valence-corrected chi connectivity index (χ0v) is 8.86. The van der Waals surface area contributed by atoms with Crippen LogP contribution in [-0.4, -0.2) is 6.04 Å². The molecule has 0 heterocycles. The van der Waals surface area contributed by atoms with Crippen LogP contribution in [0.25, 0.3) is 0 Å². The maximum atomic E-state index is 12.6. The highest BCUT2D eigenvalue weighted by molar-refractivity contribution is 6.30. The molecule has 0 amide bonds. The van der Waals surface area contributed by atoms with E-state index >= 15 is 0 Å². The van der Waals surface area contributed by atoms with Crippen LogP contribution >= 0.6 is 11.6 Å². The van der Waals surface area contributed by atoms with Gasteiger partial charge in [0.2, 0.25) is 0 Å². The third-order valence-corrected chi connectivity index (χ3v) is 2.15. The van der Waals surface area contributed by atoms with Gasteiger partial charge < -0.3 is 5.73 Å². The molecular weight excluding hydrogens is 227 g/mol. The van der Waals surface area contributed by atoms with Crippen molar-refractivity contribution in [3.63, 3.8) is 0 Å². The van der Waals surface area contributed by atoms with E-state index in [1.165, 1.54) is 12.1 Å². The molecule has 0 aromatic heterocycles. The molecule has 1 aromatic carbocycles. The number of hydrogen-bond acceptors (Lipinski definition) is 1. The summed E-state index contributed by atoms with van der Waals surface area (Å²) in [5.41, 5.74) is 4.96. The van der Waals surface area contributed by atoms with Crippen LogP contribution in [-0.2, 0) is 12.6 Å². The molecule has 0 bridgehead atoms. The summed E-state index contributed by atoms with van der Waals surface area (Å²) in [6.07, 6.45) is -4.19. The zero-order chi connectivity index (χ0) is 11.6. The number of rotatable bonds is 2. The molecule has 0 unspecified atom stereocenters. The molecule has 0 spiro atoms. The second kappa shape index (κ2) is 4.41. The first-order chi connectivity index (χ1) is 6.80. The maximum absolute atomic E-state index is 12.6. The Balaban J connectivity index is 3.15. The third-order valence-electron chi connectivity index (χ3n) is 1.92. The molecule has 1 aromatic rings. The van der Waals surface area contributed by atoms with E-state index in [1.807, 2.05) is 0 Å². The quantitative estimate of drug-likeness (QED) is 0.840. The van der Waals surface area contributed by atoms with Gasteiger partial charge in [0.1, 0.15) is 0 Å². The van der Waals surface area contributed by atoms with Crippen molar-refractivity contribution in [2.24, 2.45) is 5.73 Å². The molecule has 1 nitrogen and oxygen atoms in total. The smallest absolute Gasteiger partial charge is 0.328 e. The van der Waals surface area contributed by atoms with Gasteiger partial charge in [0, 0.05) is 11.1 Å². The summed E-state index contributed by atoms with van der Waals surface area (Å²) < 4.78 is 37.7. The van der Waals surface area contributed by atoms with E-state index in [9.17, 15) is 13.2 Å². The van der Waals surface area contributed by atoms with E-state index in [-0.39, 0.29) is 23.0 Å². The molecule has 84 valence electrons. The molecule has 5 heteroatoms. The lowest BCUT2D eigenvalue weighted by Gasteiger charge is -2.14. The Morgan fingerprint density at radius 3 is 2.47 bits per heavy atom. The zero-order valence-electron chi connectivity index (χ0n) is 8.11.